The monoisotopic (exact) mass is 266 g/mol. The number of para-hydroxylation sites is 2. The van der Waals surface area contributed by atoms with E-state index < -0.39 is 0 Å². The quantitative estimate of drug-likeness (QED) is 0.901. The number of nitrogens with one attached hydrogen (secondary N) is 1. The second kappa shape index (κ2) is 5.29. The molecule has 0 amide bonds. The highest BCUT2D eigenvalue weighted by molar-refractivity contribution is 5.73. The van der Waals surface area contributed by atoms with Crippen molar-refractivity contribution < 1.29 is 0 Å². The van der Waals surface area contributed by atoms with Crippen molar-refractivity contribution in [3.63, 3.8) is 0 Å². The van der Waals surface area contributed by atoms with Crippen LogP contribution in [0.1, 0.15) is 31.0 Å². The van der Waals surface area contributed by atoms with Crippen molar-refractivity contribution in [3.8, 4) is 0 Å². The molecular formula is C18H22N2. The van der Waals surface area contributed by atoms with E-state index in [4.69, 9.17) is 0 Å². The van der Waals surface area contributed by atoms with Crippen molar-refractivity contribution in [1.82, 2.24) is 5.32 Å². The van der Waals surface area contributed by atoms with E-state index in [1.165, 1.54) is 22.5 Å². The van der Waals surface area contributed by atoms with Crippen LogP contribution in [0, 0.1) is 0 Å². The van der Waals surface area contributed by atoms with Gasteiger partial charge in [0.2, 0.25) is 0 Å². The zero-order valence-corrected chi connectivity index (χ0v) is 12.4. The Hall–Kier alpha value is -1.80. The van der Waals surface area contributed by atoms with E-state index in [-0.39, 0.29) is 0 Å². The first kappa shape index (κ1) is 13.2. The maximum atomic E-state index is 3.36. The highest BCUT2D eigenvalue weighted by atomic mass is 15.2. The van der Waals surface area contributed by atoms with Gasteiger partial charge in [0.05, 0.1) is 0 Å². The maximum Gasteiger partial charge on any atom is 0.0461 e. The van der Waals surface area contributed by atoms with Gasteiger partial charge in [0.1, 0.15) is 0 Å². The zero-order chi connectivity index (χ0) is 14.1. The largest absolute Gasteiger partial charge is 0.338 e. The lowest BCUT2D eigenvalue weighted by molar-refractivity contribution is 0.647. The van der Waals surface area contributed by atoms with E-state index in [1.807, 2.05) is 7.05 Å². The number of nitrogens with zero attached hydrogens (tertiary/aromatic N) is 1. The third kappa shape index (κ3) is 2.10. The van der Waals surface area contributed by atoms with Crippen molar-refractivity contribution in [2.24, 2.45) is 0 Å². The fourth-order valence-corrected chi connectivity index (χ4v) is 3.16. The molecule has 104 valence electrons. The smallest absolute Gasteiger partial charge is 0.0461 e. The van der Waals surface area contributed by atoms with Crippen LogP contribution in [0.25, 0.3) is 0 Å². The molecule has 0 aromatic heterocycles. The normalized spacial score (nSPS) is 18.9. The Labute approximate surface area is 121 Å². The lowest BCUT2D eigenvalue weighted by Gasteiger charge is -2.29. The van der Waals surface area contributed by atoms with Gasteiger partial charge in [0, 0.05) is 23.5 Å². The van der Waals surface area contributed by atoms with Crippen LogP contribution in [0.3, 0.4) is 0 Å². The van der Waals surface area contributed by atoms with Gasteiger partial charge in [-0.25, -0.2) is 0 Å². The molecule has 2 unspecified atom stereocenters. The van der Waals surface area contributed by atoms with E-state index in [1.54, 1.807) is 0 Å². The predicted molar refractivity (Wildman–Crippen MR) is 85.7 cm³/mol. The molecule has 2 aromatic carbocycles. The average molecular weight is 266 g/mol. The van der Waals surface area contributed by atoms with Gasteiger partial charge < -0.3 is 10.2 Å². The minimum atomic E-state index is 0.353. The Balaban J connectivity index is 2.10. The first-order valence-electron chi connectivity index (χ1n) is 7.35. The summed E-state index contributed by atoms with van der Waals surface area (Å²) in [6.45, 7) is 4.52. The number of benzene rings is 2. The van der Waals surface area contributed by atoms with Crippen molar-refractivity contribution in [1.29, 1.82) is 0 Å². The molecular weight excluding hydrogens is 244 g/mol. The summed E-state index contributed by atoms with van der Waals surface area (Å²) in [6, 6.07) is 18.3. The summed E-state index contributed by atoms with van der Waals surface area (Å²) < 4.78 is 0. The second-order valence-corrected chi connectivity index (χ2v) is 5.62. The van der Waals surface area contributed by atoms with Crippen LogP contribution in [-0.4, -0.2) is 13.1 Å². The third-order valence-corrected chi connectivity index (χ3v) is 4.30. The molecule has 0 fully saturated rings. The number of fused-ring (bicyclic) bond motifs is 1. The average Bonchev–Trinajstić information content (AvgIpc) is 2.82. The highest BCUT2D eigenvalue weighted by Gasteiger charge is 2.28. The fourth-order valence-electron chi connectivity index (χ4n) is 3.16. The molecule has 2 atom stereocenters. The van der Waals surface area contributed by atoms with E-state index in [0.717, 1.165) is 6.42 Å². The summed E-state index contributed by atoms with van der Waals surface area (Å²) in [7, 11) is 2.02. The van der Waals surface area contributed by atoms with Gasteiger partial charge in [-0.1, -0.05) is 36.4 Å². The molecule has 1 heterocycles. The lowest BCUT2D eigenvalue weighted by atomic mass is 10.0. The molecule has 0 bridgehead atoms. The minimum absolute atomic E-state index is 0.353. The Morgan fingerprint density at radius 3 is 2.45 bits per heavy atom. The minimum Gasteiger partial charge on any atom is -0.338 e. The molecule has 0 saturated carbocycles. The Kier molecular flexibility index (Phi) is 3.49. The number of hydrogen-bond acceptors (Lipinski definition) is 2. The summed E-state index contributed by atoms with van der Waals surface area (Å²) >= 11 is 0. The standard InChI is InChI=1S/C18H22N2/c1-13-12-15-8-4-6-10-17(15)20(13)18-11-7-5-9-16(18)14(2)19-3/h4-11,13-14,19H,12H2,1-3H3. The Bertz CT molecular complexity index is 606. The number of hydrogen-bond donors (Lipinski definition) is 1. The van der Waals surface area contributed by atoms with Crippen molar-refractivity contribution in [2.75, 3.05) is 11.9 Å². The summed E-state index contributed by atoms with van der Waals surface area (Å²) in [5.41, 5.74) is 5.49. The van der Waals surface area contributed by atoms with Crippen LogP contribution in [0.5, 0.6) is 0 Å². The highest BCUT2D eigenvalue weighted by Crippen LogP contribution is 2.40. The first-order valence-corrected chi connectivity index (χ1v) is 7.35. The number of rotatable bonds is 3. The van der Waals surface area contributed by atoms with Gasteiger partial charge >= 0.3 is 0 Å². The van der Waals surface area contributed by atoms with E-state index in [2.05, 4.69) is 72.6 Å². The SMILES string of the molecule is CNC(C)c1ccccc1N1c2ccccc2CC1C. The molecule has 0 radical (unpaired) electrons. The third-order valence-electron chi connectivity index (χ3n) is 4.30. The molecule has 1 aliphatic rings. The molecule has 0 spiro atoms. The van der Waals surface area contributed by atoms with Crippen molar-refractivity contribution in [2.45, 2.75) is 32.4 Å². The van der Waals surface area contributed by atoms with Crippen LogP contribution in [0.4, 0.5) is 11.4 Å². The van der Waals surface area contributed by atoms with Crippen LogP contribution in [0.2, 0.25) is 0 Å². The summed E-state index contributed by atoms with van der Waals surface area (Å²) in [6.07, 6.45) is 1.12. The van der Waals surface area contributed by atoms with Gasteiger partial charge in [0.25, 0.3) is 0 Å². The van der Waals surface area contributed by atoms with Crippen LogP contribution in [-0.2, 0) is 6.42 Å². The van der Waals surface area contributed by atoms with Crippen LogP contribution < -0.4 is 10.2 Å². The van der Waals surface area contributed by atoms with Gasteiger partial charge in [0.15, 0.2) is 0 Å². The molecule has 2 nitrogen and oxygen atoms in total. The first-order chi connectivity index (χ1) is 9.72. The molecule has 2 aromatic rings. The molecule has 1 N–H and O–H groups in total. The van der Waals surface area contributed by atoms with Crippen molar-refractivity contribution in [3.05, 3.63) is 59.7 Å². The van der Waals surface area contributed by atoms with Gasteiger partial charge in [-0.05, 0) is 50.6 Å². The molecule has 20 heavy (non-hydrogen) atoms. The van der Waals surface area contributed by atoms with Gasteiger partial charge in [-0.2, -0.15) is 0 Å². The molecule has 2 heteroatoms. The van der Waals surface area contributed by atoms with Gasteiger partial charge in [-0.3, -0.25) is 0 Å². The topological polar surface area (TPSA) is 15.3 Å². The molecule has 3 rings (SSSR count). The number of anilines is 2. The van der Waals surface area contributed by atoms with Gasteiger partial charge in [-0.15, -0.1) is 0 Å². The molecule has 0 aliphatic carbocycles. The van der Waals surface area contributed by atoms with Crippen molar-refractivity contribution >= 4 is 11.4 Å². The lowest BCUT2D eigenvalue weighted by Crippen LogP contribution is -2.26. The Morgan fingerprint density at radius 2 is 1.70 bits per heavy atom. The van der Waals surface area contributed by atoms with E-state index >= 15 is 0 Å². The predicted octanol–water partition coefficient (Wildman–Crippen LogP) is 4.05. The van der Waals surface area contributed by atoms with Crippen LogP contribution >= 0.6 is 0 Å². The molecule has 1 aliphatic heterocycles. The summed E-state index contributed by atoms with van der Waals surface area (Å²) in [4.78, 5) is 2.48. The fraction of sp³-hybridized carbons (Fsp3) is 0.333. The summed E-state index contributed by atoms with van der Waals surface area (Å²) in [5, 5.41) is 3.36. The molecule has 0 saturated heterocycles. The summed E-state index contributed by atoms with van der Waals surface area (Å²) in [5.74, 6) is 0. The van der Waals surface area contributed by atoms with E-state index in [9.17, 15) is 0 Å². The zero-order valence-electron chi connectivity index (χ0n) is 12.4. The van der Waals surface area contributed by atoms with Crippen LogP contribution in [0.15, 0.2) is 48.5 Å². The maximum absolute atomic E-state index is 3.36. The Morgan fingerprint density at radius 1 is 1.05 bits per heavy atom. The second-order valence-electron chi connectivity index (χ2n) is 5.62. The van der Waals surface area contributed by atoms with E-state index in [0.29, 0.717) is 12.1 Å².